The Bertz CT molecular complexity index is 593. The number of nitrogens with two attached hydrogens (primary N) is 1. The number of nitrogens with one attached hydrogen (secondary N) is 1. The van der Waals surface area contributed by atoms with Crippen LogP contribution in [0, 0.1) is 0 Å². The van der Waals surface area contributed by atoms with Gasteiger partial charge in [0.05, 0.1) is 6.61 Å². The molecule has 3 rings (SSSR count). The zero-order chi connectivity index (χ0) is 13.9. The van der Waals surface area contributed by atoms with Gasteiger partial charge in [0.15, 0.2) is 5.82 Å². The van der Waals surface area contributed by atoms with Crippen LogP contribution in [0.25, 0.3) is 11.4 Å². The minimum absolute atomic E-state index is 0.562. The molecule has 0 bridgehead atoms. The molecule has 0 radical (unpaired) electrons. The Kier molecular flexibility index (Phi) is 3.52. The SMILES string of the molecule is CCOc1ccc(-c2nc(NN)cc(C3CC3)n2)cc1. The zero-order valence-electron chi connectivity index (χ0n) is 11.5. The van der Waals surface area contributed by atoms with Gasteiger partial charge in [-0.05, 0) is 44.0 Å². The molecule has 1 heterocycles. The Hall–Kier alpha value is -2.14. The van der Waals surface area contributed by atoms with Crippen LogP contribution in [0.4, 0.5) is 5.82 Å². The van der Waals surface area contributed by atoms with Crippen LogP contribution in [0.5, 0.6) is 5.75 Å². The maximum Gasteiger partial charge on any atom is 0.161 e. The Balaban J connectivity index is 1.93. The Morgan fingerprint density at radius 2 is 2.00 bits per heavy atom. The molecule has 104 valence electrons. The molecule has 1 aliphatic carbocycles. The molecule has 1 aromatic carbocycles. The van der Waals surface area contributed by atoms with Crippen LogP contribution >= 0.6 is 0 Å². The molecule has 1 aromatic heterocycles. The number of rotatable bonds is 5. The van der Waals surface area contributed by atoms with Crippen LogP contribution in [-0.2, 0) is 0 Å². The molecule has 0 amide bonds. The second-order valence-electron chi connectivity index (χ2n) is 4.88. The summed E-state index contributed by atoms with van der Waals surface area (Å²) in [5.41, 5.74) is 4.65. The molecule has 5 nitrogen and oxygen atoms in total. The quantitative estimate of drug-likeness (QED) is 0.645. The van der Waals surface area contributed by atoms with Crippen molar-refractivity contribution >= 4 is 5.82 Å². The maximum absolute atomic E-state index is 5.49. The predicted molar refractivity (Wildman–Crippen MR) is 78.4 cm³/mol. The third kappa shape index (κ3) is 2.72. The summed E-state index contributed by atoms with van der Waals surface area (Å²) >= 11 is 0. The number of benzene rings is 1. The van der Waals surface area contributed by atoms with Crippen LogP contribution in [0.3, 0.4) is 0 Å². The Morgan fingerprint density at radius 1 is 1.25 bits per heavy atom. The van der Waals surface area contributed by atoms with E-state index in [1.165, 1.54) is 12.8 Å². The molecule has 1 saturated carbocycles. The molecular formula is C15H18N4O. The van der Waals surface area contributed by atoms with Crippen molar-refractivity contribution in [1.82, 2.24) is 9.97 Å². The average molecular weight is 270 g/mol. The number of hydrogen-bond donors (Lipinski definition) is 2. The highest BCUT2D eigenvalue weighted by atomic mass is 16.5. The van der Waals surface area contributed by atoms with E-state index in [1.807, 2.05) is 37.3 Å². The maximum atomic E-state index is 5.49. The normalized spacial score (nSPS) is 14.1. The van der Waals surface area contributed by atoms with Gasteiger partial charge in [-0.25, -0.2) is 15.8 Å². The molecule has 1 fully saturated rings. The lowest BCUT2D eigenvalue weighted by Crippen LogP contribution is -2.10. The fraction of sp³-hybridized carbons (Fsp3) is 0.333. The van der Waals surface area contributed by atoms with E-state index >= 15 is 0 Å². The number of anilines is 1. The third-order valence-electron chi connectivity index (χ3n) is 3.31. The predicted octanol–water partition coefficient (Wildman–Crippen LogP) is 2.71. The van der Waals surface area contributed by atoms with Crippen molar-refractivity contribution < 1.29 is 4.74 Å². The van der Waals surface area contributed by atoms with Crippen molar-refractivity contribution in [3.63, 3.8) is 0 Å². The highest BCUT2D eigenvalue weighted by Crippen LogP contribution is 2.40. The van der Waals surface area contributed by atoms with E-state index in [0.717, 1.165) is 17.0 Å². The summed E-state index contributed by atoms with van der Waals surface area (Å²) in [5, 5.41) is 0. The van der Waals surface area contributed by atoms with E-state index < -0.39 is 0 Å². The molecule has 0 unspecified atom stereocenters. The summed E-state index contributed by atoms with van der Waals surface area (Å²) in [6, 6.07) is 9.73. The number of aromatic nitrogens is 2. The van der Waals surface area contributed by atoms with Crippen LogP contribution in [0.1, 0.15) is 31.4 Å². The second-order valence-corrected chi connectivity index (χ2v) is 4.88. The molecule has 20 heavy (non-hydrogen) atoms. The van der Waals surface area contributed by atoms with Gasteiger partial charge in [-0.3, -0.25) is 0 Å². The van der Waals surface area contributed by atoms with E-state index in [-0.39, 0.29) is 0 Å². The fourth-order valence-corrected chi connectivity index (χ4v) is 2.12. The van der Waals surface area contributed by atoms with Gasteiger partial charge in [0.2, 0.25) is 0 Å². The first-order valence-corrected chi connectivity index (χ1v) is 6.89. The first-order valence-electron chi connectivity index (χ1n) is 6.89. The Morgan fingerprint density at radius 3 is 2.60 bits per heavy atom. The zero-order valence-corrected chi connectivity index (χ0v) is 11.5. The molecular weight excluding hydrogens is 252 g/mol. The number of nitrogens with zero attached hydrogens (tertiary/aromatic N) is 2. The number of ether oxygens (including phenoxy) is 1. The molecule has 5 heteroatoms. The molecule has 3 N–H and O–H groups in total. The van der Waals surface area contributed by atoms with Crippen molar-refractivity contribution in [2.45, 2.75) is 25.7 Å². The minimum Gasteiger partial charge on any atom is -0.494 e. The summed E-state index contributed by atoms with van der Waals surface area (Å²) in [6.07, 6.45) is 2.40. The average Bonchev–Trinajstić information content (AvgIpc) is 3.32. The van der Waals surface area contributed by atoms with E-state index in [0.29, 0.717) is 24.2 Å². The third-order valence-corrected chi connectivity index (χ3v) is 3.31. The van der Waals surface area contributed by atoms with Crippen LogP contribution in [-0.4, -0.2) is 16.6 Å². The summed E-state index contributed by atoms with van der Waals surface area (Å²) in [4.78, 5) is 9.06. The van der Waals surface area contributed by atoms with Crippen LogP contribution < -0.4 is 16.0 Å². The second kappa shape index (κ2) is 5.46. The van der Waals surface area contributed by atoms with Gasteiger partial charge in [0, 0.05) is 23.2 Å². The van der Waals surface area contributed by atoms with Gasteiger partial charge in [-0.1, -0.05) is 0 Å². The molecule has 1 aliphatic rings. The largest absolute Gasteiger partial charge is 0.494 e. The molecule has 0 atom stereocenters. The first kappa shape index (κ1) is 12.9. The van der Waals surface area contributed by atoms with Crippen molar-refractivity contribution in [3.8, 4) is 17.1 Å². The van der Waals surface area contributed by atoms with Crippen molar-refractivity contribution in [3.05, 3.63) is 36.0 Å². The summed E-state index contributed by atoms with van der Waals surface area (Å²) in [7, 11) is 0. The van der Waals surface area contributed by atoms with E-state index in [1.54, 1.807) is 0 Å². The van der Waals surface area contributed by atoms with Gasteiger partial charge >= 0.3 is 0 Å². The number of hydrogen-bond acceptors (Lipinski definition) is 5. The van der Waals surface area contributed by atoms with Crippen LogP contribution in [0.15, 0.2) is 30.3 Å². The van der Waals surface area contributed by atoms with Crippen LogP contribution in [0.2, 0.25) is 0 Å². The van der Waals surface area contributed by atoms with Gasteiger partial charge < -0.3 is 10.2 Å². The van der Waals surface area contributed by atoms with E-state index in [4.69, 9.17) is 10.6 Å². The van der Waals surface area contributed by atoms with E-state index in [9.17, 15) is 0 Å². The van der Waals surface area contributed by atoms with E-state index in [2.05, 4.69) is 15.4 Å². The minimum atomic E-state index is 0.562. The topological polar surface area (TPSA) is 73.1 Å². The highest BCUT2D eigenvalue weighted by molar-refractivity contribution is 5.59. The van der Waals surface area contributed by atoms with Gasteiger partial charge in [0.1, 0.15) is 11.6 Å². The number of hydrazine groups is 1. The first-order chi connectivity index (χ1) is 9.80. The lowest BCUT2D eigenvalue weighted by Gasteiger charge is -2.08. The highest BCUT2D eigenvalue weighted by Gasteiger charge is 2.26. The molecule has 0 spiro atoms. The molecule has 0 saturated heterocycles. The monoisotopic (exact) mass is 270 g/mol. The van der Waals surface area contributed by atoms with Crippen molar-refractivity contribution in [1.29, 1.82) is 0 Å². The molecule has 2 aromatic rings. The number of nitrogen functional groups attached to an aromatic ring is 1. The van der Waals surface area contributed by atoms with Crippen molar-refractivity contribution in [2.24, 2.45) is 5.84 Å². The summed E-state index contributed by atoms with van der Waals surface area (Å²) in [5.74, 6) is 8.26. The van der Waals surface area contributed by atoms with Crippen molar-refractivity contribution in [2.75, 3.05) is 12.0 Å². The van der Waals surface area contributed by atoms with Gasteiger partial charge in [-0.15, -0.1) is 0 Å². The smallest absolute Gasteiger partial charge is 0.161 e. The van der Waals surface area contributed by atoms with Gasteiger partial charge in [-0.2, -0.15) is 0 Å². The molecule has 0 aliphatic heterocycles. The lowest BCUT2D eigenvalue weighted by molar-refractivity contribution is 0.340. The van der Waals surface area contributed by atoms with Gasteiger partial charge in [0.25, 0.3) is 0 Å². The Labute approximate surface area is 118 Å². The summed E-state index contributed by atoms with van der Waals surface area (Å²) < 4.78 is 5.44. The fourth-order valence-electron chi connectivity index (χ4n) is 2.12. The lowest BCUT2D eigenvalue weighted by atomic mass is 10.2. The standard InChI is InChI=1S/C15H18N4O/c1-2-20-12-7-5-11(6-8-12)15-17-13(10-3-4-10)9-14(18-15)19-16/h5-10H,2-4,16H2,1H3,(H,17,18,19). The summed E-state index contributed by atoms with van der Waals surface area (Å²) in [6.45, 7) is 2.63.